The largest absolute Gasteiger partial charge is 0.378 e. The highest BCUT2D eigenvalue weighted by atomic mass is 16.5. The van der Waals surface area contributed by atoms with Crippen LogP contribution in [-0.2, 0) is 14.9 Å². The standard InChI is InChI=1S/C35H36N6O3/c1-23-9-11-25(12-10-23)41-32(22-30(39-41)35(2,3)4)38-34(43)33(42)28-13-14-29(27-8-6-5-7-26(27)28)37-24-15-16-36-31(21-24)40-17-19-44-20-18-40/h5-16,21-22H,17-20H2,1-4H3,(H,36,37)(H,38,43). The molecule has 2 aromatic heterocycles. The van der Waals surface area contributed by atoms with E-state index in [1.807, 2.05) is 79.7 Å². The fourth-order valence-corrected chi connectivity index (χ4v) is 5.24. The Balaban J connectivity index is 1.28. The molecule has 5 aromatic rings. The van der Waals surface area contributed by atoms with Crippen molar-refractivity contribution in [3.8, 4) is 5.69 Å². The number of hydrogen-bond acceptors (Lipinski definition) is 7. The first kappa shape index (κ1) is 29.1. The summed E-state index contributed by atoms with van der Waals surface area (Å²) in [6.45, 7) is 11.1. The smallest absolute Gasteiger partial charge is 0.297 e. The van der Waals surface area contributed by atoms with Crippen LogP contribution >= 0.6 is 0 Å². The topological polar surface area (TPSA) is 101 Å². The third-order valence-electron chi connectivity index (χ3n) is 7.73. The number of Topliss-reactive ketones (excluding diaryl/α,β-unsaturated/α-hetero) is 1. The second-order valence-corrected chi connectivity index (χ2v) is 12.0. The Hall–Kier alpha value is -5.02. The van der Waals surface area contributed by atoms with Gasteiger partial charge in [-0.15, -0.1) is 0 Å². The van der Waals surface area contributed by atoms with Crippen molar-refractivity contribution in [2.24, 2.45) is 0 Å². The van der Waals surface area contributed by atoms with E-state index in [-0.39, 0.29) is 5.41 Å². The van der Waals surface area contributed by atoms with E-state index in [2.05, 4.69) is 41.3 Å². The fourth-order valence-electron chi connectivity index (χ4n) is 5.24. The second-order valence-electron chi connectivity index (χ2n) is 12.0. The molecular weight excluding hydrogens is 552 g/mol. The Bertz CT molecular complexity index is 1830. The summed E-state index contributed by atoms with van der Waals surface area (Å²) in [5.74, 6) is -0.0341. The zero-order valence-corrected chi connectivity index (χ0v) is 25.4. The van der Waals surface area contributed by atoms with Gasteiger partial charge < -0.3 is 20.3 Å². The van der Waals surface area contributed by atoms with Crippen molar-refractivity contribution in [2.75, 3.05) is 41.8 Å². The highest BCUT2D eigenvalue weighted by Gasteiger charge is 2.25. The average Bonchev–Trinajstić information content (AvgIpc) is 3.46. The zero-order valence-electron chi connectivity index (χ0n) is 25.4. The molecule has 0 unspecified atom stereocenters. The van der Waals surface area contributed by atoms with Crippen molar-refractivity contribution in [3.05, 3.63) is 102 Å². The molecule has 224 valence electrons. The van der Waals surface area contributed by atoms with Crippen LogP contribution in [0, 0.1) is 6.92 Å². The Morgan fingerprint density at radius 2 is 1.61 bits per heavy atom. The number of carbonyl (C=O) groups excluding carboxylic acids is 2. The summed E-state index contributed by atoms with van der Waals surface area (Å²) in [5, 5.41) is 12.6. The number of benzene rings is 3. The number of nitrogens with zero attached hydrogens (tertiary/aromatic N) is 4. The lowest BCUT2D eigenvalue weighted by Gasteiger charge is -2.28. The van der Waals surface area contributed by atoms with E-state index in [0.717, 1.165) is 52.6 Å². The van der Waals surface area contributed by atoms with Gasteiger partial charge in [0.25, 0.3) is 11.7 Å². The van der Waals surface area contributed by atoms with Gasteiger partial charge in [0.15, 0.2) is 0 Å². The van der Waals surface area contributed by atoms with Crippen molar-refractivity contribution in [3.63, 3.8) is 0 Å². The van der Waals surface area contributed by atoms with Crippen molar-refractivity contribution >= 4 is 45.5 Å². The lowest BCUT2D eigenvalue weighted by atomic mass is 9.92. The van der Waals surface area contributed by atoms with Crippen molar-refractivity contribution in [1.29, 1.82) is 0 Å². The Kier molecular flexibility index (Phi) is 7.88. The van der Waals surface area contributed by atoms with Crippen LogP contribution in [0.1, 0.15) is 42.4 Å². The van der Waals surface area contributed by atoms with Crippen LogP contribution in [0.25, 0.3) is 16.5 Å². The maximum Gasteiger partial charge on any atom is 0.297 e. The molecule has 0 aliphatic carbocycles. The van der Waals surface area contributed by atoms with Gasteiger partial charge in [0, 0.05) is 59.2 Å². The Morgan fingerprint density at radius 1 is 0.886 bits per heavy atom. The van der Waals surface area contributed by atoms with E-state index in [4.69, 9.17) is 9.84 Å². The predicted octanol–water partition coefficient (Wildman–Crippen LogP) is 6.43. The molecule has 0 bridgehead atoms. The molecule has 0 radical (unpaired) electrons. The van der Waals surface area contributed by atoms with E-state index in [1.54, 1.807) is 16.9 Å². The molecule has 6 rings (SSSR count). The molecule has 1 aliphatic rings. The number of amides is 1. The number of aryl methyl sites for hydroxylation is 1. The molecule has 1 aliphatic heterocycles. The molecule has 44 heavy (non-hydrogen) atoms. The maximum absolute atomic E-state index is 13.7. The number of carbonyl (C=O) groups is 2. The van der Waals surface area contributed by atoms with Crippen LogP contribution in [0.5, 0.6) is 0 Å². The highest BCUT2D eigenvalue weighted by molar-refractivity contribution is 6.48. The molecule has 1 fully saturated rings. The minimum Gasteiger partial charge on any atom is -0.378 e. The van der Waals surface area contributed by atoms with E-state index in [1.165, 1.54) is 0 Å². The molecule has 1 saturated heterocycles. The van der Waals surface area contributed by atoms with Gasteiger partial charge in [-0.2, -0.15) is 5.10 Å². The van der Waals surface area contributed by atoms with Crippen molar-refractivity contribution < 1.29 is 14.3 Å². The lowest BCUT2D eigenvalue weighted by molar-refractivity contribution is -0.112. The summed E-state index contributed by atoms with van der Waals surface area (Å²) in [6.07, 6.45) is 1.78. The molecule has 9 nitrogen and oxygen atoms in total. The average molecular weight is 589 g/mol. The summed E-state index contributed by atoms with van der Waals surface area (Å²) in [7, 11) is 0. The first-order chi connectivity index (χ1) is 21.2. The summed E-state index contributed by atoms with van der Waals surface area (Å²) in [5.41, 5.74) is 4.48. The number of anilines is 4. The molecule has 2 N–H and O–H groups in total. The zero-order chi connectivity index (χ0) is 30.8. The van der Waals surface area contributed by atoms with Crippen LogP contribution in [0.2, 0.25) is 0 Å². The molecule has 3 heterocycles. The number of nitrogens with one attached hydrogen (secondary N) is 2. The van der Waals surface area contributed by atoms with Crippen molar-refractivity contribution in [1.82, 2.24) is 14.8 Å². The van der Waals surface area contributed by atoms with E-state index < -0.39 is 11.7 Å². The van der Waals surface area contributed by atoms with Gasteiger partial charge >= 0.3 is 0 Å². The molecule has 0 saturated carbocycles. The van der Waals surface area contributed by atoms with E-state index in [0.29, 0.717) is 30.0 Å². The lowest BCUT2D eigenvalue weighted by Crippen LogP contribution is -2.36. The van der Waals surface area contributed by atoms with Crippen LogP contribution in [0.3, 0.4) is 0 Å². The molecular formula is C35H36N6O3. The van der Waals surface area contributed by atoms with Gasteiger partial charge in [-0.3, -0.25) is 9.59 Å². The first-order valence-electron chi connectivity index (χ1n) is 14.8. The summed E-state index contributed by atoms with van der Waals surface area (Å²) >= 11 is 0. The molecule has 9 heteroatoms. The van der Waals surface area contributed by atoms with Gasteiger partial charge in [0.05, 0.1) is 24.6 Å². The van der Waals surface area contributed by atoms with Gasteiger partial charge in [-0.25, -0.2) is 9.67 Å². The highest BCUT2D eigenvalue weighted by Crippen LogP contribution is 2.31. The normalized spacial score (nSPS) is 13.6. The molecule has 1 amide bonds. The predicted molar refractivity (Wildman–Crippen MR) is 174 cm³/mol. The number of aromatic nitrogens is 3. The number of ketones is 1. The summed E-state index contributed by atoms with van der Waals surface area (Å²) < 4.78 is 7.15. The summed E-state index contributed by atoms with van der Waals surface area (Å²) in [4.78, 5) is 33.9. The number of morpholine rings is 1. The van der Waals surface area contributed by atoms with Crippen LogP contribution in [-0.4, -0.2) is 52.8 Å². The minimum absolute atomic E-state index is 0.254. The monoisotopic (exact) mass is 588 g/mol. The van der Waals surface area contributed by atoms with Crippen LogP contribution < -0.4 is 15.5 Å². The Morgan fingerprint density at radius 3 is 2.34 bits per heavy atom. The maximum atomic E-state index is 13.7. The number of rotatable bonds is 7. The van der Waals surface area contributed by atoms with Gasteiger partial charge in [0.1, 0.15) is 11.6 Å². The molecule has 0 spiro atoms. The van der Waals surface area contributed by atoms with Gasteiger partial charge in [0.2, 0.25) is 0 Å². The SMILES string of the molecule is Cc1ccc(-n2nc(C(C)(C)C)cc2NC(=O)C(=O)c2ccc(Nc3ccnc(N4CCOCC4)c3)c3ccccc23)cc1. The second kappa shape index (κ2) is 11.9. The van der Waals surface area contributed by atoms with E-state index >= 15 is 0 Å². The third kappa shape index (κ3) is 6.05. The number of fused-ring (bicyclic) bond motifs is 1. The molecule has 0 atom stereocenters. The van der Waals surface area contributed by atoms with Crippen LogP contribution in [0.4, 0.5) is 23.0 Å². The van der Waals surface area contributed by atoms with E-state index in [9.17, 15) is 9.59 Å². The fraction of sp³-hybridized carbons (Fsp3) is 0.257. The summed E-state index contributed by atoms with van der Waals surface area (Å²) in [6, 6.07) is 24.7. The van der Waals surface area contributed by atoms with Crippen molar-refractivity contribution in [2.45, 2.75) is 33.1 Å². The number of hydrogen-bond donors (Lipinski definition) is 2. The molecule has 3 aromatic carbocycles. The van der Waals surface area contributed by atoms with Crippen LogP contribution in [0.15, 0.2) is 85.1 Å². The quantitative estimate of drug-likeness (QED) is 0.167. The third-order valence-corrected chi connectivity index (χ3v) is 7.73. The minimum atomic E-state index is -0.728. The Labute approximate surface area is 256 Å². The van der Waals surface area contributed by atoms with Gasteiger partial charge in [-0.1, -0.05) is 62.7 Å². The number of ether oxygens (including phenoxy) is 1. The first-order valence-corrected chi connectivity index (χ1v) is 14.8. The van der Waals surface area contributed by atoms with Gasteiger partial charge in [-0.05, 0) is 42.6 Å². The number of pyridine rings is 1.